The van der Waals surface area contributed by atoms with Crippen LogP contribution < -0.4 is 5.32 Å². The number of hydrogen-bond donors (Lipinski definition) is 2. The number of oxime groups is 1. The Morgan fingerprint density at radius 2 is 2.04 bits per heavy atom. The standard InChI is InChI=1S/C14H21N3O6/c1-3-22-10(2)16-23-9-11(18)8-15-12(19)6-7-17-13(20)4-5-14(17)21/h4-5,11,18H,3,6-9H2,1-2H3,(H,15,19)/b16-10+. The van der Waals surface area contributed by atoms with Gasteiger partial charge in [0.05, 0.1) is 6.61 Å². The highest BCUT2D eigenvalue weighted by atomic mass is 16.7. The first-order valence-corrected chi connectivity index (χ1v) is 7.21. The molecule has 0 radical (unpaired) electrons. The highest BCUT2D eigenvalue weighted by molar-refractivity contribution is 6.13. The lowest BCUT2D eigenvalue weighted by Gasteiger charge is -2.14. The van der Waals surface area contributed by atoms with Crippen LogP contribution in [0.3, 0.4) is 0 Å². The molecular formula is C14H21N3O6. The van der Waals surface area contributed by atoms with Gasteiger partial charge in [0.1, 0.15) is 12.7 Å². The zero-order valence-electron chi connectivity index (χ0n) is 13.2. The fourth-order valence-electron chi connectivity index (χ4n) is 1.69. The molecule has 1 atom stereocenters. The van der Waals surface area contributed by atoms with Crippen molar-refractivity contribution >= 4 is 23.6 Å². The summed E-state index contributed by atoms with van der Waals surface area (Å²) in [6.07, 6.45) is 1.35. The third-order valence-electron chi connectivity index (χ3n) is 2.81. The fourth-order valence-corrected chi connectivity index (χ4v) is 1.69. The van der Waals surface area contributed by atoms with Gasteiger partial charge in [-0.05, 0) is 6.92 Å². The summed E-state index contributed by atoms with van der Waals surface area (Å²) in [5, 5.41) is 15.7. The fraction of sp³-hybridized carbons (Fsp3) is 0.571. The molecule has 0 saturated heterocycles. The Balaban J connectivity index is 2.16. The Labute approximate surface area is 133 Å². The molecule has 9 heteroatoms. The molecule has 1 rings (SSSR count). The zero-order chi connectivity index (χ0) is 17.2. The second-order valence-corrected chi connectivity index (χ2v) is 4.71. The minimum Gasteiger partial charge on any atom is -0.479 e. The van der Waals surface area contributed by atoms with Gasteiger partial charge in [0.15, 0.2) is 0 Å². The molecule has 0 aromatic carbocycles. The third-order valence-corrected chi connectivity index (χ3v) is 2.81. The normalized spacial score (nSPS) is 15.8. The van der Waals surface area contributed by atoms with Crippen LogP contribution in [0.25, 0.3) is 0 Å². The molecule has 1 unspecified atom stereocenters. The molecule has 2 N–H and O–H groups in total. The maximum Gasteiger partial charge on any atom is 0.253 e. The van der Waals surface area contributed by atoms with Gasteiger partial charge >= 0.3 is 0 Å². The van der Waals surface area contributed by atoms with E-state index in [9.17, 15) is 19.5 Å². The van der Waals surface area contributed by atoms with Crippen molar-refractivity contribution in [1.29, 1.82) is 0 Å². The SMILES string of the molecule is CCO/C(C)=N/OCC(O)CNC(=O)CCN1C(=O)C=CC1=O. The van der Waals surface area contributed by atoms with E-state index < -0.39 is 17.9 Å². The summed E-state index contributed by atoms with van der Waals surface area (Å²) in [6.45, 7) is 3.77. The minimum absolute atomic E-state index is 0.000932. The molecule has 1 aliphatic heterocycles. The van der Waals surface area contributed by atoms with E-state index in [4.69, 9.17) is 9.57 Å². The van der Waals surface area contributed by atoms with E-state index in [2.05, 4.69) is 10.5 Å². The summed E-state index contributed by atoms with van der Waals surface area (Å²) < 4.78 is 5.03. The molecule has 0 saturated carbocycles. The topological polar surface area (TPSA) is 118 Å². The summed E-state index contributed by atoms with van der Waals surface area (Å²) in [5.41, 5.74) is 0. The molecule has 9 nitrogen and oxygen atoms in total. The third kappa shape index (κ3) is 6.92. The lowest BCUT2D eigenvalue weighted by atomic mass is 10.3. The molecule has 128 valence electrons. The van der Waals surface area contributed by atoms with Crippen molar-refractivity contribution in [2.75, 3.05) is 26.3 Å². The van der Waals surface area contributed by atoms with Crippen molar-refractivity contribution in [3.8, 4) is 0 Å². The number of amides is 3. The number of ether oxygens (including phenoxy) is 1. The predicted molar refractivity (Wildman–Crippen MR) is 80.2 cm³/mol. The Kier molecular flexibility index (Phi) is 7.75. The second-order valence-electron chi connectivity index (χ2n) is 4.71. The maximum absolute atomic E-state index is 11.6. The van der Waals surface area contributed by atoms with Gasteiger partial charge in [0, 0.05) is 38.6 Å². The number of nitrogens with zero attached hydrogens (tertiary/aromatic N) is 2. The average molecular weight is 327 g/mol. The molecular weight excluding hydrogens is 306 g/mol. The number of carbonyl (C=O) groups is 3. The molecule has 1 aliphatic rings. The van der Waals surface area contributed by atoms with Crippen LogP contribution in [0.5, 0.6) is 0 Å². The van der Waals surface area contributed by atoms with Crippen LogP contribution in [0.1, 0.15) is 20.3 Å². The molecule has 0 aromatic rings. The second kappa shape index (κ2) is 9.57. The summed E-state index contributed by atoms with van der Waals surface area (Å²) in [6, 6.07) is 0. The van der Waals surface area contributed by atoms with Crippen molar-refractivity contribution in [3.63, 3.8) is 0 Å². The minimum atomic E-state index is -0.936. The molecule has 0 spiro atoms. The number of aliphatic hydroxyl groups is 1. The summed E-state index contributed by atoms with van der Waals surface area (Å²) >= 11 is 0. The number of carbonyl (C=O) groups excluding carboxylic acids is 3. The number of nitrogens with one attached hydrogen (secondary N) is 1. The zero-order valence-corrected chi connectivity index (χ0v) is 13.2. The lowest BCUT2D eigenvalue weighted by molar-refractivity contribution is -0.137. The summed E-state index contributed by atoms with van der Waals surface area (Å²) in [5.74, 6) is -0.902. The van der Waals surface area contributed by atoms with Crippen LogP contribution in [0.2, 0.25) is 0 Å². The first-order valence-electron chi connectivity index (χ1n) is 7.21. The average Bonchev–Trinajstić information content (AvgIpc) is 2.82. The summed E-state index contributed by atoms with van der Waals surface area (Å²) in [4.78, 5) is 40.0. The van der Waals surface area contributed by atoms with E-state index >= 15 is 0 Å². The van der Waals surface area contributed by atoms with Gasteiger partial charge in [0.2, 0.25) is 11.8 Å². The van der Waals surface area contributed by atoms with Crippen molar-refractivity contribution in [2.24, 2.45) is 5.16 Å². The van der Waals surface area contributed by atoms with Crippen LogP contribution >= 0.6 is 0 Å². The highest BCUT2D eigenvalue weighted by Gasteiger charge is 2.23. The van der Waals surface area contributed by atoms with Crippen LogP contribution in [0.15, 0.2) is 17.3 Å². The molecule has 0 aromatic heterocycles. The van der Waals surface area contributed by atoms with Crippen LogP contribution in [0, 0.1) is 0 Å². The first-order chi connectivity index (χ1) is 10.9. The first kappa shape index (κ1) is 18.6. The molecule has 0 fully saturated rings. The van der Waals surface area contributed by atoms with Gasteiger partial charge < -0.3 is 20.0 Å². The Morgan fingerprint density at radius 3 is 2.65 bits per heavy atom. The smallest absolute Gasteiger partial charge is 0.253 e. The molecule has 1 heterocycles. The largest absolute Gasteiger partial charge is 0.479 e. The predicted octanol–water partition coefficient (Wildman–Crippen LogP) is -0.835. The number of imide groups is 1. The molecule has 0 aliphatic carbocycles. The Hall–Kier alpha value is -2.42. The van der Waals surface area contributed by atoms with Gasteiger partial charge in [-0.3, -0.25) is 19.3 Å². The van der Waals surface area contributed by atoms with E-state index in [0.717, 1.165) is 17.1 Å². The van der Waals surface area contributed by atoms with E-state index in [1.54, 1.807) is 6.92 Å². The molecule has 0 bridgehead atoms. The van der Waals surface area contributed by atoms with E-state index in [-0.39, 0.29) is 32.0 Å². The highest BCUT2D eigenvalue weighted by Crippen LogP contribution is 2.03. The Bertz CT molecular complexity index is 485. The van der Waals surface area contributed by atoms with E-state index in [1.165, 1.54) is 0 Å². The van der Waals surface area contributed by atoms with Crippen molar-refractivity contribution in [1.82, 2.24) is 10.2 Å². The van der Waals surface area contributed by atoms with E-state index in [1.807, 2.05) is 6.92 Å². The van der Waals surface area contributed by atoms with Crippen LogP contribution in [-0.4, -0.2) is 66.0 Å². The van der Waals surface area contributed by atoms with Gasteiger partial charge in [0.25, 0.3) is 11.8 Å². The number of aliphatic hydroxyl groups excluding tert-OH is 1. The maximum atomic E-state index is 11.6. The number of hydrogen-bond acceptors (Lipinski definition) is 7. The van der Waals surface area contributed by atoms with Crippen LogP contribution in [0.4, 0.5) is 0 Å². The summed E-state index contributed by atoms with van der Waals surface area (Å²) in [7, 11) is 0. The molecule has 3 amide bonds. The van der Waals surface area contributed by atoms with Gasteiger partial charge in [-0.15, -0.1) is 0 Å². The van der Waals surface area contributed by atoms with Gasteiger partial charge in [-0.1, -0.05) is 5.16 Å². The van der Waals surface area contributed by atoms with Crippen molar-refractivity contribution in [2.45, 2.75) is 26.4 Å². The monoisotopic (exact) mass is 327 g/mol. The van der Waals surface area contributed by atoms with Gasteiger partial charge in [-0.2, -0.15) is 0 Å². The van der Waals surface area contributed by atoms with Crippen LogP contribution in [-0.2, 0) is 24.0 Å². The Morgan fingerprint density at radius 1 is 1.39 bits per heavy atom. The lowest BCUT2D eigenvalue weighted by Crippen LogP contribution is -2.38. The van der Waals surface area contributed by atoms with E-state index in [0.29, 0.717) is 12.5 Å². The number of rotatable bonds is 9. The van der Waals surface area contributed by atoms with Crippen molar-refractivity contribution in [3.05, 3.63) is 12.2 Å². The quantitative estimate of drug-likeness (QED) is 0.247. The molecule has 23 heavy (non-hydrogen) atoms. The van der Waals surface area contributed by atoms with Gasteiger partial charge in [-0.25, -0.2) is 0 Å². The van der Waals surface area contributed by atoms with Crippen molar-refractivity contribution < 1.29 is 29.1 Å².